The molecule has 0 saturated carbocycles. The van der Waals surface area contributed by atoms with Crippen LogP contribution in [-0.4, -0.2) is 43.7 Å². The third-order valence-electron chi connectivity index (χ3n) is 1.81. The molecule has 0 spiro atoms. The van der Waals surface area contributed by atoms with E-state index in [2.05, 4.69) is 5.92 Å². The lowest BCUT2D eigenvalue weighted by Gasteiger charge is -2.19. The average Bonchev–Trinajstić information content (AvgIpc) is 2.17. The lowest BCUT2D eigenvalue weighted by Crippen LogP contribution is -2.42. The van der Waals surface area contributed by atoms with Crippen molar-refractivity contribution >= 4 is 5.91 Å². The Balaban J connectivity index is 3.81. The van der Waals surface area contributed by atoms with Crippen molar-refractivity contribution in [1.82, 2.24) is 4.90 Å². The number of amides is 1. The number of rotatable bonds is 6. The standard InChI is InChI=1S/C10H18N2O2/c1-4-6-9(11)10(13)12(3)7-8-14-5-2/h1,9H,5-8,11H2,2-3H3. The van der Waals surface area contributed by atoms with Crippen molar-refractivity contribution in [2.24, 2.45) is 5.73 Å². The zero-order valence-electron chi connectivity index (χ0n) is 8.82. The van der Waals surface area contributed by atoms with E-state index >= 15 is 0 Å². The summed E-state index contributed by atoms with van der Waals surface area (Å²) in [5.41, 5.74) is 5.56. The first-order valence-corrected chi connectivity index (χ1v) is 4.65. The highest BCUT2D eigenvalue weighted by molar-refractivity contribution is 5.81. The zero-order chi connectivity index (χ0) is 11.0. The van der Waals surface area contributed by atoms with Gasteiger partial charge in [0, 0.05) is 26.6 Å². The highest BCUT2D eigenvalue weighted by Crippen LogP contribution is 1.94. The molecule has 80 valence electrons. The van der Waals surface area contributed by atoms with Crippen LogP contribution in [0.5, 0.6) is 0 Å². The Kier molecular flexibility index (Phi) is 6.81. The van der Waals surface area contributed by atoms with Crippen LogP contribution in [0.2, 0.25) is 0 Å². The van der Waals surface area contributed by atoms with Gasteiger partial charge in [-0.1, -0.05) is 0 Å². The summed E-state index contributed by atoms with van der Waals surface area (Å²) in [6.45, 7) is 3.64. The average molecular weight is 198 g/mol. The summed E-state index contributed by atoms with van der Waals surface area (Å²) in [6, 6.07) is -0.591. The van der Waals surface area contributed by atoms with Crippen LogP contribution in [0.1, 0.15) is 13.3 Å². The molecule has 0 heterocycles. The van der Waals surface area contributed by atoms with E-state index < -0.39 is 6.04 Å². The van der Waals surface area contributed by atoms with Gasteiger partial charge in [-0.3, -0.25) is 4.79 Å². The van der Waals surface area contributed by atoms with Crippen LogP contribution in [0.3, 0.4) is 0 Å². The Morgan fingerprint density at radius 1 is 1.71 bits per heavy atom. The number of carbonyl (C=O) groups is 1. The molecule has 2 N–H and O–H groups in total. The summed E-state index contributed by atoms with van der Waals surface area (Å²) in [6.07, 6.45) is 5.34. The van der Waals surface area contributed by atoms with Gasteiger partial charge in [-0.2, -0.15) is 0 Å². The van der Waals surface area contributed by atoms with Crippen molar-refractivity contribution in [2.45, 2.75) is 19.4 Å². The molecule has 0 aromatic carbocycles. The minimum Gasteiger partial charge on any atom is -0.380 e. The smallest absolute Gasteiger partial charge is 0.240 e. The molecule has 0 rings (SSSR count). The number of ether oxygens (including phenoxy) is 1. The van der Waals surface area contributed by atoms with E-state index in [1.807, 2.05) is 6.92 Å². The van der Waals surface area contributed by atoms with Crippen LogP contribution < -0.4 is 5.73 Å². The molecule has 0 bridgehead atoms. The van der Waals surface area contributed by atoms with Gasteiger partial charge in [-0.25, -0.2) is 0 Å². The van der Waals surface area contributed by atoms with Gasteiger partial charge in [-0.15, -0.1) is 12.3 Å². The lowest BCUT2D eigenvalue weighted by molar-refractivity contribution is -0.131. The first kappa shape index (κ1) is 12.9. The summed E-state index contributed by atoms with van der Waals surface area (Å²) in [5.74, 6) is 2.23. The van der Waals surface area contributed by atoms with E-state index in [-0.39, 0.29) is 12.3 Å². The van der Waals surface area contributed by atoms with Crippen molar-refractivity contribution < 1.29 is 9.53 Å². The third kappa shape index (κ3) is 4.85. The van der Waals surface area contributed by atoms with Crippen LogP contribution in [0.4, 0.5) is 0 Å². The largest absolute Gasteiger partial charge is 0.380 e. The van der Waals surface area contributed by atoms with Gasteiger partial charge < -0.3 is 15.4 Å². The Labute approximate surface area is 85.4 Å². The molecule has 0 aliphatic rings. The number of nitrogens with two attached hydrogens (primary N) is 1. The molecule has 4 nitrogen and oxygen atoms in total. The molecular weight excluding hydrogens is 180 g/mol. The lowest BCUT2D eigenvalue weighted by atomic mass is 10.2. The summed E-state index contributed by atoms with van der Waals surface area (Å²) in [4.78, 5) is 13.0. The number of terminal acetylenes is 1. The van der Waals surface area contributed by atoms with Crippen LogP contribution in [0, 0.1) is 12.3 Å². The van der Waals surface area contributed by atoms with Gasteiger partial charge in [0.05, 0.1) is 12.6 Å². The SMILES string of the molecule is C#CCC(N)C(=O)N(C)CCOCC. The Bertz CT molecular complexity index is 211. The number of likely N-dealkylation sites (N-methyl/N-ethyl adjacent to an activating group) is 1. The van der Waals surface area contributed by atoms with Gasteiger partial charge in [0.1, 0.15) is 0 Å². The first-order valence-electron chi connectivity index (χ1n) is 4.65. The topological polar surface area (TPSA) is 55.6 Å². The fourth-order valence-corrected chi connectivity index (χ4v) is 0.953. The van der Waals surface area contributed by atoms with E-state index in [1.165, 1.54) is 4.90 Å². The third-order valence-corrected chi connectivity index (χ3v) is 1.81. The minimum atomic E-state index is -0.591. The van der Waals surface area contributed by atoms with Crippen molar-refractivity contribution in [2.75, 3.05) is 26.8 Å². The van der Waals surface area contributed by atoms with Crippen molar-refractivity contribution in [3.63, 3.8) is 0 Å². The minimum absolute atomic E-state index is 0.136. The van der Waals surface area contributed by atoms with Crippen molar-refractivity contribution in [3.05, 3.63) is 0 Å². The molecule has 4 heteroatoms. The monoisotopic (exact) mass is 198 g/mol. The summed E-state index contributed by atoms with van der Waals surface area (Å²) < 4.78 is 5.12. The van der Waals surface area contributed by atoms with Crippen LogP contribution in [0.25, 0.3) is 0 Å². The van der Waals surface area contributed by atoms with Crippen molar-refractivity contribution in [1.29, 1.82) is 0 Å². The van der Waals surface area contributed by atoms with Crippen LogP contribution in [-0.2, 0) is 9.53 Å². The van der Waals surface area contributed by atoms with Gasteiger partial charge in [0.2, 0.25) is 5.91 Å². The molecule has 1 amide bonds. The van der Waals surface area contributed by atoms with E-state index in [9.17, 15) is 4.79 Å². The van der Waals surface area contributed by atoms with E-state index in [1.54, 1.807) is 7.05 Å². The fraction of sp³-hybridized carbons (Fsp3) is 0.700. The number of carbonyl (C=O) groups excluding carboxylic acids is 1. The molecular formula is C10H18N2O2. The molecule has 14 heavy (non-hydrogen) atoms. The first-order chi connectivity index (χ1) is 6.63. The zero-order valence-corrected chi connectivity index (χ0v) is 8.82. The maximum absolute atomic E-state index is 11.5. The highest BCUT2D eigenvalue weighted by atomic mass is 16.5. The molecule has 0 radical (unpaired) electrons. The molecule has 0 saturated heterocycles. The summed E-state index contributed by atoms with van der Waals surface area (Å²) >= 11 is 0. The predicted molar refractivity (Wildman–Crippen MR) is 55.6 cm³/mol. The quantitative estimate of drug-likeness (QED) is 0.476. The van der Waals surface area contributed by atoms with Gasteiger partial charge >= 0.3 is 0 Å². The Morgan fingerprint density at radius 2 is 2.36 bits per heavy atom. The van der Waals surface area contributed by atoms with E-state index in [4.69, 9.17) is 16.9 Å². The maximum atomic E-state index is 11.5. The van der Waals surface area contributed by atoms with Gasteiger partial charge in [-0.05, 0) is 6.92 Å². The molecule has 0 aliphatic carbocycles. The number of hydrogen-bond donors (Lipinski definition) is 1. The van der Waals surface area contributed by atoms with E-state index in [0.29, 0.717) is 19.8 Å². The second-order valence-corrected chi connectivity index (χ2v) is 2.97. The molecule has 0 aliphatic heterocycles. The molecule has 0 aromatic rings. The normalized spacial score (nSPS) is 11.9. The van der Waals surface area contributed by atoms with Gasteiger partial charge in [0.15, 0.2) is 0 Å². The predicted octanol–water partition coefficient (Wildman–Crippen LogP) is -0.168. The van der Waals surface area contributed by atoms with Gasteiger partial charge in [0.25, 0.3) is 0 Å². The Hall–Kier alpha value is -1.05. The van der Waals surface area contributed by atoms with Crippen LogP contribution >= 0.6 is 0 Å². The number of hydrogen-bond acceptors (Lipinski definition) is 3. The Morgan fingerprint density at radius 3 is 2.86 bits per heavy atom. The molecule has 0 fully saturated rings. The van der Waals surface area contributed by atoms with Crippen molar-refractivity contribution in [3.8, 4) is 12.3 Å². The maximum Gasteiger partial charge on any atom is 0.240 e. The van der Waals surface area contributed by atoms with Crippen LogP contribution in [0.15, 0.2) is 0 Å². The second-order valence-electron chi connectivity index (χ2n) is 2.97. The molecule has 1 atom stereocenters. The fourth-order valence-electron chi connectivity index (χ4n) is 0.953. The second kappa shape index (κ2) is 7.36. The molecule has 1 unspecified atom stereocenters. The molecule has 0 aromatic heterocycles. The van der Waals surface area contributed by atoms with E-state index in [0.717, 1.165) is 0 Å². The number of nitrogens with zero attached hydrogens (tertiary/aromatic N) is 1. The highest BCUT2D eigenvalue weighted by Gasteiger charge is 2.16. The summed E-state index contributed by atoms with van der Waals surface area (Å²) in [5, 5.41) is 0. The summed E-state index contributed by atoms with van der Waals surface area (Å²) in [7, 11) is 1.69.